The van der Waals surface area contributed by atoms with Crippen molar-refractivity contribution in [2.75, 3.05) is 25.5 Å². The molecule has 6 heteroatoms. The highest BCUT2D eigenvalue weighted by Gasteiger charge is 2.08. The summed E-state index contributed by atoms with van der Waals surface area (Å²) in [6, 6.07) is 3.21. The Kier molecular flexibility index (Phi) is 3.82. The Bertz CT molecular complexity index is 404. The molecule has 0 radical (unpaired) electrons. The van der Waals surface area contributed by atoms with E-state index in [4.69, 9.17) is 5.73 Å². The molecule has 3 N–H and O–H groups in total. The van der Waals surface area contributed by atoms with Crippen LogP contribution in [0, 0.1) is 0 Å². The quantitative estimate of drug-likeness (QED) is 0.709. The summed E-state index contributed by atoms with van der Waals surface area (Å²) in [4.78, 5) is 27.9. The van der Waals surface area contributed by atoms with Crippen LogP contribution in [-0.4, -0.2) is 37.4 Å². The molecule has 1 heterocycles. The van der Waals surface area contributed by atoms with Crippen LogP contribution >= 0.6 is 0 Å². The lowest BCUT2D eigenvalue weighted by Gasteiger charge is -2.11. The van der Waals surface area contributed by atoms with Crippen molar-refractivity contribution >= 4 is 17.6 Å². The van der Waals surface area contributed by atoms with E-state index in [-0.39, 0.29) is 12.5 Å². The molecular weight excluding hydrogens is 208 g/mol. The molecule has 1 rings (SSSR count). The summed E-state index contributed by atoms with van der Waals surface area (Å²) in [7, 11) is 3.65. The molecule has 1 aromatic rings. The Balaban J connectivity index is 2.75. The number of nitrogens with two attached hydrogens (primary N) is 1. The van der Waals surface area contributed by atoms with E-state index in [0.29, 0.717) is 11.4 Å². The van der Waals surface area contributed by atoms with Gasteiger partial charge >= 0.3 is 0 Å². The number of carbonyl (C=O) groups is 2. The van der Waals surface area contributed by atoms with Crippen molar-refractivity contribution in [3.8, 4) is 0 Å². The van der Waals surface area contributed by atoms with Gasteiger partial charge in [-0.2, -0.15) is 0 Å². The van der Waals surface area contributed by atoms with Crippen molar-refractivity contribution in [3.05, 3.63) is 23.9 Å². The van der Waals surface area contributed by atoms with Crippen molar-refractivity contribution in [3.63, 3.8) is 0 Å². The van der Waals surface area contributed by atoms with Gasteiger partial charge in [0.15, 0.2) is 0 Å². The fourth-order valence-electron chi connectivity index (χ4n) is 1.07. The van der Waals surface area contributed by atoms with Crippen molar-refractivity contribution in [2.45, 2.75) is 0 Å². The maximum absolute atomic E-state index is 11.6. The number of primary amides is 1. The van der Waals surface area contributed by atoms with Gasteiger partial charge in [-0.1, -0.05) is 0 Å². The van der Waals surface area contributed by atoms with E-state index in [1.54, 1.807) is 17.0 Å². The Hall–Kier alpha value is -2.11. The summed E-state index contributed by atoms with van der Waals surface area (Å²) in [5.41, 5.74) is 5.37. The summed E-state index contributed by atoms with van der Waals surface area (Å²) in [6.07, 6.45) is 1.54. The number of pyridine rings is 1. The second-order valence-electron chi connectivity index (χ2n) is 3.45. The molecule has 0 atom stereocenters. The number of hydrogen-bond acceptors (Lipinski definition) is 4. The molecule has 86 valence electrons. The largest absolute Gasteiger partial charge is 0.368 e. The number of nitrogens with one attached hydrogen (secondary N) is 1. The maximum atomic E-state index is 11.6. The van der Waals surface area contributed by atoms with Crippen LogP contribution < -0.4 is 16.0 Å². The van der Waals surface area contributed by atoms with Gasteiger partial charge in [-0.05, 0) is 12.1 Å². The highest BCUT2D eigenvalue weighted by atomic mass is 16.2. The maximum Gasteiger partial charge on any atom is 0.251 e. The number of hydrogen-bond donors (Lipinski definition) is 2. The zero-order valence-electron chi connectivity index (χ0n) is 9.23. The molecule has 1 aromatic heterocycles. The molecule has 0 saturated heterocycles. The van der Waals surface area contributed by atoms with Crippen LogP contribution in [0.1, 0.15) is 10.4 Å². The molecule has 0 bridgehead atoms. The van der Waals surface area contributed by atoms with E-state index in [0.717, 1.165) is 0 Å². The molecule has 0 unspecified atom stereocenters. The molecule has 2 amide bonds. The van der Waals surface area contributed by atoms with E-state index >= 15 is 0 Å². The van der Waals surface area contributed by atoms with Crippen LogP contribution in [-0.2, 0) is 4.79 Å². The summed E-state index contributed by atoms with van der Waals surface area (Å²) in [6.45, 7) is -0.168. The summed E-state index contributed by atoms with van der Waals surface area (Å²) >= 11 is 0. The van der Waals surface area contributed by atoms with E-state index in [1.165, 1.54) is 6.20 Å². The van der Waals surface area contributed by atoms with Gasteiger partial charge in [0.25, 0.3) is 5.91 Å². The Morgan fingerprint density at radius 2 is 2.19 bits per heavy atom. The molecule has 0 spiro atoms. The molecule has 16 heavy (non-hydrogen) atoms. The lowest BCUT2D eigenvalue weighted by Crippen LogP contribution is -2.33. The second-order valence-corrected chi connectivity index (χ2v) is 3.45. The van der Waals surface area contributed by atoms with Crippen molar-refractivity contribution in [1.82, 2.24) is 10.3 Å². The van der Waals surface area contributed by atoms with Crippen LogP contribution in [0.5, 0.6) is 0 Å². The Morgan fingerprint density at radius 1 is 1.50 bits per heavy atom. The minimum Gasteiger partial charge on any atom is -0.368 e. The summed E-state index contributed by atoms with van der Waals surface area (Å²) in [5.74, 6) is -0.244. The Morgan fingerprint density at radius 3 is 2.75 bits per heavy atom. The zero-order chi connectivity index (χ0) is 12.1. The third-order valence-electron chi connectivity index (χ3n) is 1.89. The van der Waals surface area contributed by atoms with Gasteiger partial charge in [-0.25, -0.2) is 4.98 Å². The Labute approximate surface area is 93.4 Å². The first-order chi connectivity index (χ1) is 7.50. The third kappa shape index (κ3) is 3.23. The number of aromatic nitrogens is 1. The van der Waals surface area contributed by atoms with Gasteiger partial charge in [0.1, 0.15) is 5.82 Å². The SMILES string of the molecule is CN(C)c1cc(C(=O)NCC(N)=O)ccn1. The lowest BCUT2D eigenvalue weighted by atomic mass is 10.2. The highest BCUT2D eigenvalue weighted by molar-refractivity contribution is 5.96. The van der Waals surface area contributed by atoms with Crippen LogP contribution in [0.4, 0.5) is 5.82 Å². The highest BCUT2D eigenvalue weighted by Crippen LogP contribution is 2.09. The van der Waals surface area contributed by atoms with Crippen LogP contribution in [0.15, 0.2) is 18.3 Å². The predicted molar refractivity (Wildman–Crippen MR) is 60.1 cm³/mol. The lowest BCUT2D eigenvalue weighted by molar-refractivity contribution is -0.117. The normalized spacial score (nSPS) is 9.62. The minimum absolute atomic E-state index is 0.168. The number of anilines is 1. The van der Waals surface area contributed by atoms with Crippen LogP contribution in [0.2, 0.25) is 0 Å². The molecule has 0 aliphatic carbocycles. The minimum atomic E-state index is -0.574. The molecule has 0 aliphatic rings. The second kappa shape index (κ2) is 5.11. The third-order valence-corrected chi connectivity index (χ3v) is 1.89. The van der Waals surface area contributed by atoms with E-state index in [9.17, 15) is 9.59 Å². The molecule has 6 nitrogen and oxygen atoms in total. The zero-order valence-corrected chi connectivity index (χ0v) is 9.23. The van der Waals surface area contributed by atoms with Crippen LogP contribution in [0.25, 0.3) is 0 Å². The van der Waals surface area contributed by atoms with Crippen molar-refractivity contribution in [2.24, 2.45) is 5.73 Å². The van der Waals surface area contributed by atoms with E-state index in [2.05, 4.69) is 10.3 Å². The van der Waals surface area contributed by atoms with Crippen molar-refractivity contribution < 1.29 is 9.59 Å². The van der Waals surface area contributed by atoms with Gasteiger partial charge in [0.05, 0.1) is 6.54 Å². The molecule has 0 aromatic carbocycles. The van der Waals surface area contributed by atoms with Gasteiger partial charge in [-0.3, -0.25) is 9.59 Å². The van der Waals surface area contributed by atoms with Gasteiger partial charge in [-0.15, -0.1) is 0 Å². The topological polar surface area (TPSA) is 88.3 Å². The smallest absolute Gasteiger partial charge is 0.251 e. The first kappa shape index (κ1) is 12.0. The number of carbonyl (C=O) groups excluding carboxylic acids is 2. The molecule has 0 aliphatic heterocycles. The fourth-order valence-corrected chi connectivity index (χ4v) is 1.07. The molecule has 0 saturated carbocycles. The van der Waals surface area contributed by atoms with Gasteiger partial charge < -0.3 is 16.0 Å². The average molecular weight is 222 g/mol. The average Bonchev–Trinajstić information content (AvgIpc) is 2.26. The number of rotatable bonds is 4. The molecular formula is C10H14N4O2. The van der Waals surface area contributed by atoms with Crippen LogP contribution in [0.3, 0.4) is 0 Å². The first-order valence-corrected chi connectivity index (χ1v) is 4.70. The fraction of sp³-hybridized carbons (Fsp3) is 0.300. The number of nitrogens with zero attached hydrogens (tertiary/aromatic N) is 2. The van der Waals surface area contributed by atoms with Gasteiger partial charge in [0, 0.05) is 25.9 Å². The predicted octanol–water partition coefficient (Wildman–Crippen LogP) is -0.637. The van der Waals surface area contributed by atoms with E-state index < -0.39 is 5.91 Å². The number of amides is 2. The summed E-state index contributed by atoms with van der Waals surface area (Å²) in [5, 5.41) is 2.40. The monoisotopic (exact) mass is 222 g/mol. The molecule has 0 fully saturated rings. The first-order valence-electron chi connectivity index (χ1n) is 4.70. The van der Waals surface area contributed by atoms with E-state index in [1.807, 2.05) is 14.1 Å². The van der Waals surface area contributed by atoms with Crippen molar-refractivity contribution in [1.29, 1.82) is 0 Å². The van der Waals surface area contributed by atoms with Gasteiger partial charge in [0.2, 0.25) is 5.91 Å². The standard InChI is InChI=1S/C10H14N4O2/c1-14(2)9-5-7(3-4-12-9)10(16)13-6-8(11)15/h3-5H,6H2,1-2H3,(H2,11,15)(H,13,16). The summed E-state index contributed by atoms with van der Waals surface area (Å²) < 4.78 is 0.